The van der Waals surface area contributed by atoms with Crippen LogP contribution >= 0.6 is 0 Å². The normalized spacial score (nSPS) is 46.1. The van der Waals surface area contributed by atoms with E-state index in [0.717, 1.165) is 19.3 Å². The number of ketones is 1. The minimum absolute atomic E-state index is 0.0175. The summed E-state index contributed by atoms with van der Waals surface area (Å²) in [4.78, 5) is 12.9. The van der Waals surface area contributed by atoms with Gasteiger partial charge in [-0.15, -0.1) is 0 Å². The maximum absolute atomic E-state index is 12.9. The average molecular weight is 336 g/mol. The van der Waals surface area contributed by atoms with Crippen LogP contribution < -0.4 is 0 Å². The van der Waals surface area contributed by atoms with Crippen molar-refractivity contribution >= 4 is 5.78 Å². The minimum Gasteiger partial charge on any atom is -0.396 e. The number of fused-ring (bicyclic) bond motifs is 3. The molecular formula is C20H32O4. The Morgan fingerprint density at radius 1 is 1.25 bits per heavy atom. The van der Waals surface area contributed by atoms with Gasteiger partial charge in [-0.2, -0.15) is 0 Å². The highest BCUT2D eigenvalue weighted by Gasteiger charge is 2.59. The predicted octanol–water partition coefficient (Wildman–Crippen LogP) is 2.60. The van der Waals surface area contributed by atoms with Gasteiger partial charge in [0.2, 0.25) is 0 Å². The van der Waals surface area contributed by atoms with Crippen LogP contribution in [0.25, 0.3) is 0 Å². The van der Waals surface area contributed by atoms with E-state index in [1.54, 1.807) is 19.9 Å². The summed E-state index contributed by atoms with van der Waals surface area (Å²) in [5.41, 5.74) is -2.11. The van der Waals surface area contributed by atoms with E-state index < -0.39 is 11.2 Å². The van der Waals surface area contributed by atoms with Crippen molar-refractivity contribution in [1.29, 1.82) is 0 Å². The van der Waals surface area contributed by atoms with Crippen molar-refractivity contribution in [2.75, 3.05) is 6.61 Å². The monoisotopic (exact) mass is 336 g/mol. The van der Waals surface area contributed by atoms with Gasteiger partial charge in [0.15, 0.2) is 5.78 Å². The van der Waals surface area contributed by atoms with Gasteiger partial charge in [-0.05, 0) is 73.8 Å². The molecule has 4 heteroatoms. The predicted molar refractivity (Wildman–Crippen MR) is 92.3 cm³/mol. The average Bonchev–Trinajstić information content (AvgIpc) is 2.49. The molecule has 3 N–H and O–H groups in total. The smallest absolute Gasteiger partial charge is 0.159 e. The van der Waals surface area contributed by atoms with Crippen LogP contribution in [-0.4, -0.2) is 38.9 Å². The van der Waals surface area contributed by atoms with Crippen LogP contribution in [0.2, 0.25) is 0 Å². The SMILES string of the molecule is CC1(CO)CCCC2(C)C3CCC(O)(C(C)(C)O)C=C3C(=O)CC12. The maximum atomic E-state index is 12.9. The molecule has 0 heterocycles. The van der Waals surface area contributed by atoms with Gasteiger partial charge >= 0.3 is 0 Å². The Kier molecular flexibility index (Phi) is 4.06. The lowest BCUT2D eigenvalue weighted by Gasteiger charge is -2.59. The van der Waals surface area contributed by atoms with Crippen molar-refractivity contribution in [2.24, 2.45) is 22.7 Å². The van der Waals surface area contributed by atoms with Crippen LogP contribution in [0, 0.1) is 22.7 Å². The fraction of sp³-hybridized carbons (Fsp3) is 0.850. The summed E-state index contributed by atoms with van der Waals surface area (Å²) in [5, 5.41) is 31.2. The molecule has 5 atom stereocenters. The Morgan fingerprint density at radius 2 is 1.92 bits per heavy atom. The van der Waals surface area contributed by atoms with Crippen LogP contribution in [0.5, 0.6) is 0 Å². The van der Waals surface area contributed by atoms with Crippen molar-refractivity contribution in [1.82, 2.24) is 0 Å². The molecule has 5 unspecified atom stereocenters. The van der Waals surface area contributed by atoms with Crippen molar-refractivity contribution in [3.63, 3.8) is 0 Å². The molecule has 3 aliphatic carbocycles. The van der Waals surface area contributed by atoms with Gasteiger partial charge in [-0.3, -0.25) is 4.79 Å². The first-order chi connectivity index (χ1) is 11.0. The number of hydrogen-bond acceptors (Lipinski definition) is 4. The molecular weight excluding hydrogens is 304 g/mol. The number of carbonyl (C=O) groups is 1. The van der Waals surface area contributed by atoms with Crippen molar-refractivity contribution in [2.45, 2.75) is 77.4 Å². The van der Waals surface area contributed by atoms with Crippen molar-refractivity contribution in [3.05, 3.63) is 11.6 Å². The van der Waals surface area contributed by atoms with E-state index in [9.17, 15) is 20.1 Å². The molecule has 2 fully saturated rings. The zero-order chi connectivity index (χ0) is 18.0. The Morgan fingerprint density at radius 3 is 2.50 bits per heavy atom. The molecule has 0 bridgehead atoms. The molecule has 0 amide bonds. The van der Waals surface area contributed by atoms with Gasteiger partial charge in [0.25, 0.3) is 0 Å². The van der Waals surface area contributed by atoms with Crippen molar-refractivity contribution in [3.8, 4) is 0 Å². The lowest BCUT2D eigenvalue weighted by molar-refractivity contribution is -0.144. The fourth-order valence-corrected chi connectivity index (χ4v) is 5.80. The third kappa shape index (κ3) is 2.41. The summed E-state index contributed by atoms with van der Waals surface area (Å²) >= 11 is 0. The van der Waals surface area contributed by atoms with E-state index in [1.807, 2.05) is 0 Å². The minimum atomic E-state index is -1.34. The van der Waals surface area contributed by atoms with Gasteiger partial charge in [0, 0.05) is 13.0 Å². The van der Waals surface area contributed by atoms with Gasteiger partial charge in [-0.25, -0.2) is 0 Å². The summed E-state index contributed by atoms with van der Waals surface area (Å²) in [6.45, 7) is 7.72. The van der Waals surface area contributed by atoms with E-state index in [2.05, 4.69) is 13.8 Å². The molecule has 0 aliphatic heterocycles. The Balaban J connectivity index is 2.04. The molecule has 0 aromatic rings. The van der Waals surface area contributed by atoms with Gasteiger partial charge in [0.1, 0.15) is 5.60 Å². The van der Waals surface area contributed by atoms with Crippen LogP contribution in [0.15, 0.2) is 11.6 Å². The largest absolute Gasteiger partial charge is 0.396 e. The van der Waals surface area contributed by atoms with Crippen molar-refractivity contribution < 1.29 is 20.1 Å². The van der Waals surface area contributed by atoms with E-state index in [1.165, 1.54) is 0 Å². The zero-order valence-electron chi connectivity index (χ0n) is 15.4. The Bertz CT molecular complexity index is 575. The first kappa shape index (κ1) is 18.1. The lowest BCUT2D eigenvalue weighted by atomic mass is 9.45. The number of hydrogen-bond donors (Lipinski definition) is 3. The standard InChI is InChI=1S/C20H32O4/c1-17(2,23)20(24)9-6-14-13(11-20)15(22)10-16-18(3,12-21)7-5-8-19(14,16)4/h11,14,16,21,23-24H,5-10,12H2,1-4H3. The number of rotatable bonds is 2. The quantitative estimate of drug-likeness (QED) is 0.724. The zero-order valence-corrected chi connectivity index (χ0v) is 15.4. The first-order valence-corrected chi connectivity index (χ1v) is 9.28. The molecule has 2 saturated carbocycles. The molecule has 0 radical (unpaired) electrons. The molecule has 0 aromatic heterocycles. The third-order valence-corrected chi connectivity index (χ3v) is 7.61. The summed E-state index contributed by atoms with van der Waals surface area (Å²) in [6.07, 6.45) is 6.38. The number of aliphatic hydroxyl groups is 3. The summed E-state index contributed by atoms with van der Waals surface area (Å²) < 4.78 is 0. The maximum Gasteiger partial charge on any atom is 0.159 e. The van der Waals surface area contributed by atoms with Gasteiger partial charge < -0.3 is 15.3 Å². The second-order valence-electron chi connectivity index (χ2n) is 9.53. The van der Waals surface area contributed by atoms with Gasteiger partial charge in [0.05, 0.1) is 5.60 Å². The summed E-state index contributed by atoms with van der Waals surface area (Å²) in [5.74, 6) is 0.399. The number of carbonyl (C=O) groups excluding carboxylic acids is 1. The highest BCUT2D eigenvalue weighted by Crippen LogP contribution is 2.62. The van der Waals surface area contributed by atoms with E-state index in [4.69, 9.17) is 0 Å². The molecule has 3 rings (SSSR count). The third-order valence-electron chi connectivity index (χ3n) is 7.61. The van der Waals surface area contributed by atoms with E-state index in [0.29, 0.717) is 24.8 Å². The van der Waals surface area contributed by atoms with E-state index in [-0.39, 0.29) is 35.1 Å². The number of Topliss-reactive ketones (excluding diaryl/α,β-unsaturated/α-hetero) is 1. The molecule has 24 heavy (non-hydrogen) atoms. The van der Waals surface area contributed by atoms with Gasteiger partial charge in [-0.1, -0.05) is 20.3 Å². The molecule has 4 nitrogen and oxygen atoms in total. The second-order valence-corrected chi connectivity index (χ2v) is 9.53. The van der Waals surface area contributed by atoms with Crippen LogP contribution in [0.4, 0.5) is 0 Å². The van der Waals surface area contributed by atoms with Crippen LogP contribution in [-0.2, 0) is 4.79 Å². The van der Waals surface area contributed by atoms with E-state index >= 15 is 0 Å². The van der Waals surface area contributed by atoms with Crippen LogP contribution in [0.1, 0.15) is 66.2 Å². The highest BCUT2D eigenvalue weighted by atomic mass is 16.4. The Labute approximate surface area is 145 Å². The molecule has 0 spiro atoms. The van der Waals surface area contributed by atoms with Crippen LogP contribution in [0.3, 0.4) is 0 Å². The Hall–Kier alpha value is -0.710. The fourth-order valence-electron chi connectivity index (χ4n) is 5.80. The molecule has 136 valence electrons. The highest BCUT2D eigenvalue weighted by molar-refractivity contribution is 5.97. The number of aliphatic hydroxyl groups excluding tert-OH is 1. The first-order valence-electron chi connectivity index (χ1n) is 9.28. The summed E-state index contributed by atoms with van der Waals surface area (Å²) in [7, 11) is 0. The lowest BCUT2D eigenvalue weighted by Crippen LogP contribution is -2.58. The topological polar surface area (TPSA) is 77.8 Å². The summed E-state index contributed by atoms with van der Waals surface area (Å²) in [6, 6.07) is 0. The molecule has 0 aromatic carbocycles. The molecule has 0 saturated heterocycles. The second kappa shape index (κ2) is 5.39. The number of allylic oxidation sites excluding steroid dienone is 1. The molecule has 3 aliphatic rings.